The summed E-state index contributed by atoms with van der Waals surface area (Å²) >= 11 is 7.21. The first-order valence-electron chi connectivity index (χ1n) is 7.65. The second-order valence-corrected chi connectivity index (χ2v) is 7.82. The van der Waals surface area contributed by atoms with Gasteiger partial charge in [-0.1, -0.05) is 23.4 Å². The summed E-state index contributed by atoms with van der Waals surface area (Å²) in [5.74, 6) is -0.210. The fourth-order valence-corrected chi connectivity index (χ4v) is 4.18. The molecule has 2 heterocycles. The maximum atomic E-state index is 11.8. The van der Waals surface area contributed by atoms with Gasteiger partial charge in [-0.3, -0.25) is 14.9 Å². The van der Waals surface area contributed by atoms with Crippen LogP contribution in [0.3, 0.4) is 0 Å². The number of imide groups is 1. The first-order valence-corrected chi connectivity index (χ1v) is 8.91. The van der Waals surface area contributed by atoms with Gasteiger partial charge in [-0.25, -0.2) is 0 Å². The molecule has 1 aromatic rings. The largest absolute Gasteiger partial charge is 0.370 e. The van der Waals surface area contributed by atoms with Gasteiger partial charge in [0, 0.05) is 29.8 Å². The van der Waals surface area contributed by atoms with Gasteiger partial charge in [-0.05, 0) is 50.7 Å². The van der Waals surface area contributed by atoms with Crippen molar-refractivity contribution in [2.24, 2.45) is 0 Å². The molecular formula is C16H20ClN3O2S. The summed E-state index contributed by atoms with van der Waals surface area (Å²) in [4.78, 5) is 27.8. The van der Waals surface area contributed by atoms with Gasteiger partial charge in [0.05, 0.1) is 5.25 Å². The van der Waals surface area contributed by atoms with E-state index in [-0.39, 0.29) is 16.4 Å². The van der Waals surface area contributed by atoms with Gasteiger partial charge in [0.1, 0.15) is 0 Å². The van der Waals surface area contributed by atoms with Gasteiger partial charge in [0.15, 0.2) is 0 Å². The van der Waals surface area contributed by atoms with Crippen LogP contribution in [-0.4, -0.2) is 54.5 Å². The minimum Gasteiger partial charge on any atom is -0.370 e. The van der Waals surface area contributed by atoms with E-state index in [9.17, 15) is 9.59 Å². The summed E-state index contributed by atoms with van der Waals surface area (Å²) in [6.07, 6.45) is 1.63. The molecule has 0 bridgehead atoms. The summed E-state index contributed by atoms with van der Waals surface area (Å²) in [6.45, 7) is 1.95. The minimum atomic E-state index is -0.369. The van der Waals surface area contributed by atoms with E-state index in [1.807, 2.05) is 18.2 Å². The standard InChI is InChI=1S/C16H20ClN3O2S/c1-19(2)12-5-6-20(9-12)13-4-3-11(17)7-10(13)8-14-15(21)18-16(22)23-14/h3-4,7,12,14H,5-6,8-9H2,1-2H3,(H,18,21,22)/t12-,14?/m0/s1. The van der Waals surface area contributed by atoms with Crippen LogP contribution in [0.5, 0.6) is 0 Å². The lowest BCUT2D eigenvalue weighted by Gasteiger charge is -2.24. The molecule has 2 aliphatic heterocycles. The van der Waals surface area contributed by atoms with Crippen LogP contribution in [0, 0.1) is 0 Å². The van der Waals surface area contributed by atoms with E-state index in [1.165, 1.54) is 0 Å². The topological polar surface area (TPSA) is 52.6 Å². The molecule has 2 aliphatic rings. The molecule has 7 heteroatoms. The Hall–Kier alpha value is -1.24. The van der Waals surface area contributed by atoms with Crippen LogP contribution in [0.2, 0.25) is 5.02 Å². The molecule has 1 aromatic carbocycles. The van der Waals surface area contributed by atoms with Gasteiger partial charge in [-0.2, -0.15) is 0 Å². The Bertz CT molecular complexity index is 638. The predicted molar refractivity (Wildman–Crippen MR) is 94.4 cm³/mol. The molecule has 1 N–H and O–H groups in total. The monoisotopic (exact) mass is 353 g/mol. The van der Waals surface area contributed by atoms with E-state index in [2.05, 4.69) is 29.2 Å². The van der Waals surface area contributed by atoms with E-state index in [0.29, 0.717) is 17.5 Å². The van der Waals surface area contributed by atoms with Crippen LogP contribution < -0.4 is 10.2 Å². The molecule has 0 aromatic heterocycles. The highest BCUT2D eigenvalue weighted by atomic mass is 35.5. The molecule has 2 saturated heterocycles. The summed E-state index contributed by atoms with van der Waals surface area (Å²) < 4.78 is 0. The van der Waals surface area contributed by atoms with Crippen molar-refractivity contribution in [1.29, 1.82) is 0 Å². The van der Waals surface area contributed by atoms with E-state index >= 15 is 0 Å². The summed E-state index contributed by atoms with van der Waals surface area (Å²) in [5, 5.41) is 2.36. The van der Waals surface area contributed by atoms with E-state index in [0.717, 1.165) is 42.5 Å². The van der Waals surface area contributed by atoms with Crippen molar-refractivity contribution >= 4 is 40.2 Å². The third-order valence-corrected chi connectivity index (χ3v) is 5.66. The second-order valence-electron chi connectivity index (χ2n) is 6.21. The molecule has 23 heavy (non-hydrogen) atoms. The quantitative estimate of drug-likeness (QED) is 0.900. The van der Waals surface area contributed by atoms with E-state index < -0.39 is 0 Å². The van der Waals surface area contributed by atoms with Gasteiger partial charge in [0.25, 0.3) is 5.24 Å². The molecule has 2 amide bonds. The normalized spacial score (nSPS) is 24.6. The van der Waals surface area contributed by atoms with Gasteiger partial charge >= 0.3 is 0 Å². The van der Waals surface area contributed by atoms with Crippen molar-refractivity contribution in [2.45, 2.75) is 24.1 Å². The molecule has 0 spiro atoms. The molecule has 2 atom stereocenters. The van der Waals surface area contributed by atoms with Crippen molar-refractivity contribution in [3.63, 3.8) is 0 Å². The van der Waals surface area contributed by atoms with Crippen LogP contribution in [0.1, 0.15) is 12.0 Å². The number of rotatable bonds is 4. The number of benzene rings is 1. The zero-order chi connectivity index (χ0) is 16.6. The SMILES string of the molecule is CN(C)[C@H]1CCN(c2ccc(Cl)cc2CC2SC(=O)NC2=O)C1. The average Bonchev–Trinajstić information content (AvgIpc) is 3.07. The molecule has 2 fully saturated rings. The van der Waals surface area contributed by atoms with Gasteiger partial charge in [-0.15, -0.1) is 0 Å². The van der Waals surface area contributed by atoms with Crippen LogP contribution >= 0.6 is 23.4 Å². The zero-order valence-electron chi connectivity index (χ0n) is 13.2. The molecular weight excluding hydrogens is 334 g/mol. The van der Waals surface area contributed by atoms with Crippen molar-refractivity contribution in [1.82, 2.24) is 10.2 Å². The number of amides is 2. The van der Waals surface area contributed by atoms with Gasteiger partial charge in [0.2, 0.25) is 5.91 Å². The number of hydrogen-bond acceptors (Lipinski definition) is 5. The zero-order valence-corrected chi connectivity index (χ0v) is 14.8. The Labute approximate surface area is 145 Å². The Kier molecular flexibility index (Phi) is 4.85. The summed E-state index contributed by atoms with van der Waals surface area (Å²) in [7, 11) is 4.20. The molecule has 3 rings (SSSR count). The molecule has 0 aliphatic carbocycles. The number of thioether (sulfide) groups is 1. The van der Waals surface area contributed by atoms with Gasteiger partial charge < -0.3 is 9.80 Å². The smallest absolute Gasteiger partial charge is 0.286 e. The first-order chi connectivity index (χ1) is 10.9. The Balaban J connectivity index is 1.81. The number of carbonyl (C=O) groups excluding carboxylic acids is 2. The average molecular weight is 354 g/mol. The van der Waals surface area contributed by atoms with Crippen molar-refractivity contribution in [2.75, 3.05) is 32.1 Å². The lowest BCUT2D eigenvalue weighted by Crippen LogP contribution is -2.32. The minimum absolute atomic E-state index is 0.210. The maximum Gasteiger partial charge on any atom is 0.286 e. The number of likely N-dealkylation sites (N-methyl/N-ethyl adjacent to an activating group) is 1. The van der Waals surface area contributed by atoms with Crippen LogP contribution in [-0.2, 0) is 11.2 Å². The maximum absolute atomic E-state index is 11.8. The number of nitrogens with zero attached hydrogens (tertiary/aromatic N) is 2. The van der Waals surface area contributed by atoms with E-state index in [4.69, 9.17) is 11.6 Å². The highest BCUT2D eigenvalue weighted by molar-refractivity contribution is 8.15. The lowest BCUT2D eigenvalue weighted by atomic mass is 10.1. The third kappa shape index (κ3) is 3.65. The van der Waals surface area contributed by atoms with Crippen LogP contribution in [0.15, 0.2) is 18.2 Å². The van der Waals surface area contributed by atoms with E-state index in [1.54, 1.807) is 0 Å². The first kappa shape index (κ1) is 16.6. The number of anilines is 1. The summed E-state index contributed by atoms with van der Waals surface area (Å²) in [6, 6.07) is 6.35. The Morgan fingerprint density at radius 1 is 1.39 bits per heavy atom. The molecule has 5 nitrogen and oxygen atoms in total. The Morgan fingerprint density at radius 3 is 2.78 bits per heavy atom. The number of nitrogens with one attached hydrogen (secondary N) is 1. The number of halogens is 1. The highest BCUT2D eigenvalue weighted by Gasteiger charge is 2.33. The number of carbonyl (C=O) groups is 2. The summed E-state index contributed by atoms with van der Waals surface area (Å²) in [5.41, 5.74) is 2.14. The fraction of sp³-hybridized carbons (Fsp3) is 0.500. The predicted octanol–water partition coefficient (Wildman–Crippen LogP) is 2.37. The molecule has 124 valence electrons. The Morgan fingerprint density at radius 2 is 2.17 bits per heavy atom. The lowest BCUT2D eigenvalue weighted by molar-refractivity contribution is -0.118. The second kappa shape index (κ2) is 6.71. The highest BCUT2D eigenvalue weighted by Crippen LogP contribution is 2.32. The van der Waals surface area contributed by atoms with Crippen molar-refractivity contribution in [3.8, 4) is 0 Å². The fourth-order valence-electron chi connectivity index (χ4n) is 3.14. The number of hydrogen-bond donors (Lipinski definition) is 1. The molecule has 0 saturated carbocycles. The van der Waals surface area contributed by atoms with Crippen molar-refractivity contribution < 1.29 is 9.59 Å². The van der Waals surface area contributed by atoms with Crippen molar-refractivity contribution in [3.05, 3.63) is 28.8 Å². The van der Waals surface area contributed by atoms with Crippen LogP contribution in [0.4, 0.5) is 10.5 Å². The molecule has 1 unspecified atom stereocenters. The van der Waals surface area contributed by atoms with Crippen LogP contribution in [0.25, 0.3) is 0 Å². The third-order valence-electron chi connectivity index (χ3n) is 4.45. The molecule has 0 radical (unpaired) electrons.